The van der Waals surface area contributed by atoms with Gasteiger partial charge in [-0.1, -0.05) is 24.0 Å². The molecular formula is C19H18O2. The highest BCUT2D eigenvalue weighted by atomic mass is 16.4. The first kappa shape index (κ1) is 13.7. The molecule has 0 amide bonds. The molecule has 2 aromatic rings. The predicted molar refractivity (Wildman–Crippen MR) is 86.6 cm³/mol. The maximum absolute atomic E-state index is 12.0. The molecule has 21 heavy (non-hydrogen) atoms. The van der Waals surface area contributed by atoms with Crippen LogP contribution in [-0.4, -0.2) is 0 Å². The fourth-order valence-corrected chi connectivity index (χ4v) is 2.96. The molecule has 1 aromatic carbocycles. The molecule has 3 rings (SSSR count). The fourth-order valence-electron chi connectivity index (χ4n) is 2.96. The summed E-state index contributed by atoms with van der Waals surface area (Å²) in [5, 5.41) is 1.05. The van der Waals surface area contributed by atoms with E-state index < -0.39 is 0 Å². The summed E-state index contributed by atoms with van der Waals surface area (Å²) in [4.78, 5) is 12.0. The van der Waals surface area contributed by atoms with E-state index in [0.717, 1.165) is 46.0 Å². The van der Waals surface area contributed by atoms with Crippen LogP contribution in [0.2, 0.25) is 0 Å². The summed E-state index contributed by atoms with van der Waals surface area (Å²) in [6.45, 7) is 7.89. The van der Waals surface area contributed by atoms with E-state index in [2.05, 4.69) is 30.9 Å². The van der Waals surface area contributed by atoms with Crippen molar-refractivity contribution in [2.45, 2.75) is 40.5 Å². The Morgan fingerprint density at radius 2 is 1.81 bits per heavy atom. The highest BCUT2D eigenvalue weighted by Crippen LogP contribution is 2.33. The van der Waals surface area contributed by atoms with Gasteiger partial charge in [-0.05, 0) is 50.8 Å². The zero-order valence-electron chi connectivity index (χ0n) is 12.9. The maximum Gasteiger partial charge on any atom is 0.339 e. The molecule has 0 N–H and O–H groups in total. The third-order valence-electron chi connectivity index (χ3n) is 4.36. The average molecular weight is 278 g/mol. The molecule has 0 unspecified atom stereocenters. The van der Waals surface area contributed by atoms with Gasteiger partial charge in [-0.2, -0.15) is 0 Å². The van der Waals surface area contributed by atoms with Crippen LogP contribution in [0.3, 0.4) is 0 Å². The number of allylic oxidation sites excluding steroid dienone is 1. The van der Waals surface area contributed by atoms with Crippen LogP contribution >= 0.6 is 0 Å². The minimum Gasteiger partial charge on any atom is -0.422 e. The number of aryl methyl sites for hydroxylation is 3. The zero-order valence-corrected chi connectivity index (χ0v) is 12.9. The number of fused-ring (bicyclic) bond motifs is 2. The third-order valence-corrected chi connectivity index (χ3v) is 4.36. The van der Waals surface area contributed by atoms with Gasteiger partial charge < -0.3 is 4.42 Å². The first-order chi connectivity index (χ1) is 10.0. The molecule has 2 nitrogen and oxygen atoms in total. The van der Waals surface area contributed by atoms with Crippen LogP contribution in [0.25, 0.3) is 17.0 Å². The van der Waals surface area contributed by atoms with Crippen molar-refractivity contribution in [2.75, 3.05) is 0 Å². The van der Waals surface area contributed by atoms with Gasteiger partial charge in [-0.25, -0.2) is 4.79 Å². The topological polar surface area (TPSA) is 30.2 Å². The van der Waals surface area contributed by atoms with Crippen molar-refractivity contribution in [1.82, 2.24) is 0 Å². The number of benzene rings is 1. The largest absolute Gasteiger partial charge is 0.422 e. The fraction of sp³-hybridized carbons (Fsp3) is 0.316. The van der Waals surface area contributed by atoms with Crippen molar-refractivity contribution in [1.29, 1.82) is 0 Å². The summed E-state index contributed by atoms with van der Waals surface area (Å²) in [6.07, 6.45) is 6.17. The summed E-state index contributed by atoms with van der Waals surface area (Å²) in [5.74, 6) is 6.45. The minimum atomic E-state index is -0.253. The molecule has 0 saturated carbocycles. The van der Waals surface area contributed by atoms with Crippen molar-refractivity contribution in [2.24, 2.45) is 0 Å². The van der Waals surface area contributed by atoms with Gasteiger partial charge in [0.25, 0.3) is 0 Å². The second-order valence-electron chi connectivity index (χ2n) is 5.63. The van der Waals surface area contributed by atoms with Gasteiger partial charge in [-0.15, -0.1) is 0 Å². The average Bonchev–Trinajstić information content (AvgIpc) is 2.42. The Morgan fingerprint density at radius 3 is 2.57 bits per heavy atom. The lowest BCUT2D eigenvalue weighted by molar-refractivity contribution is 0.551. The van der Waals surface area contributed by atoms with E-state index in [9.17, 15) is 4.79 Å². The molecule has 0 radical (unpaired) electrons. The van der Waals surface area contributed by atoms with E-state index in [-0.39, 0.29) is 5.63 Å². The van der Waals surface area contributed by atoms with E-state index in [4.69, 9.17) is 4.42 Å². The summed E-state index contributed by atoms with van der Waals surface area (Å²) in [7, 11) is 0. The van der Waals surface area contributed by atoms with Gasteiger partial charge in [0.2, 0.25) is 0 Å². The molecule has 1 aliphatic carbocycles. The lowest BCUT2D eigenvalue weighted by Crippen LogP contribution is -2.08. The summed E-state index contributed by atoms with van der Waals surface area (Å²) in [6, 6.07) is 0. The van der Waals surface area contributed by atoms with E-state index in [1.165, 1.54) is 0 Å². The van der Waals surface area contributed by atoms with Crippen LogP contribution in [0.1, 0.15) is 46.2 Å². The maximum atomic E-state index is 12.0. The lowest BCUT2D eigenvalue weighted by Gasteiger charge is -2.15. The molecule has 0 fully saturated rings. The molecule has 1 heterocycles. The second-order valence-corrected chi connectivity index (χ2v) is 5.63. The Balaban J connectivity index is 2.58. The number of hydrogen-bond donors (Lipinski definition) is 0. The monoisotopic (exact) mass is 278 g/mol. The number of hydrogen-bond acceptors (Lipinski definition) is 2. The van der Waals surface area contributed by atoms with Gasteiger partial charge >= 0.3 is 5.63 Å². The van der Waals surface area contributed by atoms with Crippen molar-refractivity contribution in [3.8, 4) is 11.8 Å². The first-order valence-corrected chi connectivity index (χ1v) is 7.25. The molecule has 0 saturated heterocycles. The molecule has 0 bridgehead atoms. The van der Waals surface area contributed by atoms with E-state index in [1.54, 1.807) is 0 Å². The SMILES string of the molecule is Cc1c(C)c2c(C)c3c(c(C)c2oc1=O)C#CCC/C=C\3. The molecule has 1 aliphatic rings. The van der Waals surface area contributed by atoms with Crippen molar-refractivity contribution in [3.05, 3.63) is 49.9 Å². The Labute approximate surface area is 124 Å². The van der Waals surface area contributed by atoms with Gasteiger partial charge in [-0.3, -0.25) is 0 Å². The van der Waals surface area contributed by atoms with Crippen LogP contribution in [0.4, 0.5) is 0 Å². The molecule has 1 aromatic heterocycles. The number of rotatable bonds is 0. The van der Waals surface area contributed by atoms with Gasteiger partial charge in [0.1, 0.15) is 5.58 Å². The van der Waals surface area contributed by atoms with Crippen LogP contribution in [-0.2, 0) is 0 Å². The summed E-state index contributed by atoms with van der Waals surface area (Å²) < 4.78 is 5.58. The van der Waals surface area contributed by atoms with Gasteiger partial charge in [0.05, 0.1) is 0 Å². The third kappa shape index (κ3) is 2.01. The predicted octanol–water partition coefficient (Wildman–Crippen LogP) is 4.19. The van der Waals surface area contributed by atoms with Crippen LogP contribution in [0.5, 0.6) is 0 Å². The van der Waals surface area contributed by atoms with Gasteiger partial charge in [0.15, 0.2) is 0 Å². The summed E-state index contributed by atoms with van der Waals surface area (Å²) >= 11 is 0. The Hall–Kier alpha value is -2.27. The lowest BCUT2D eigenvalue weighted by atomic mass is 9.90. The molecule has 106 valence electrons. The Bertz CT molecular complexity index is 900. The molecule has 0 spiro atoms. The van der Waals surface area contributed by atoms with Crippen LogP contribution < -0.4 is 5.63 Å². The first-order valence-electron chi connectivity index (χ1n) is 7.25. The van der Waals surface area contributed by atoms with E-state index in [1.807, 2.05) is 20.8 Å². The van der Waals surface area contributed by atoms with E-state index in [0.29, 0.717) is 11.1 Å². The Kier molecular flexibility index (Phi) is 3.22. The normalized spacial score (nSPS) is 14.9. The minimum absolute atomic E-state index is 0.253. The molecule has 0 aliphatic heterocycles. The van der Waals surface area contributed by atoms with E-state index >= 15 is 0 Å². The quantitative estimate of drug-likeness (QED) is 0.534. The van der Waals surface area contributed by atoms with Crippen molar-refractivity contribution >= 4 is 17.0 Å². The van der Waals surface area contributed by atoms with Crippen LogP contribution in [0.15, 0.2) is 15.3 Å². The Morgan fingerprint density at radius 1 is 1.05 bits per heavy atom. The molecule has 0 atom stereocenters. The summed E-state index contributed by atoms with van der Waals surface area (Å²) in [5.41, 5.74) is 6.37. The standard InChI is InChI=1S/C19H18O2/c1-11-12(2)19(20)21-18-14(4)16-10-8-6-5-7-9-15(16)13(3)17(11)18/h7,9H,5-6H2,1-4H3/b9-7-. The second kappa shape index (κ2) is 4.93. The highest BCUT2D eigenvalue weighted by Gasteiger charge is 2.18. The van der Waals surface area contributed by atoms with Crippen LogP contribution in [0, 0.1) is 39.5 Å². The molecular weight excluding hydrogens is 260 g/mol. The van der Waals surface area contributed by atoms with Gasteiger partial charge in [0, 0.05) is 28.5 Å². The van der Waals surface area contributed by atoms with Crippen molar-refractivity contribution in [3.63, 3.8) is 0 Å². The zero-order chi connectivity index (χ0) is 15.1. The molecule has 2 heteroatoms. The highest BCUT2D eigenvalue weighted by molar-refractivity contribution is 5.92. The smallest absolute Gasteiger partial charge is 0.339 e. The van der Waals surface area contributed by atoms with Crippen molar-refractivity contribution < 1.29 is 4.42 Å².